The molecule has 0 aliphatic carbocycles. The van der Waals surface area contributed by atoms with Crippen LogP contribution in [0.25, 0.3) is 11.5 Å². The van der Waals surface area contributed by atoms with E-state index in [9.17, 15) is 0 Å². The molecule has 0 atom stereocenters. The molecule has 2 heterocycles. The quantitative estimate of drug-likeness (QED) is 0.546. The van der Waals surface area contributed by atoms with Crippen LogP contribution in [0.4, 0.5) is 5.95 Å². The summed E-state index contributed by atoms with van der Waals surface area (Å²) in [5, 5.41) is 7.45. The van der Waals surface area contributed by atoms with Crippen molar-refractivity contribution >= 4 is 5.95 Å². The largest absolute Gasteiger partial charge is 0.366 e. The van der Waals surface area contributed by atoms with Gasteiger partial charge < -0.3 is 17.3 Å². The summed E-state index contributed by atoms with van der Waals surface area (Å²) in [6, 6.07) is 3.63. The molecule has 2 aromatic heterocycles. The molecule has 2 rings (SSSR count). The van der Waals surface area contributed by atoms with E-state index in [0.29, 0.717) is 18.1 Å². The van der Waals surface area contributed by atoms with Crippen LogP contribution >= 0.6 is 0 Å². The minimum Gasteiger partial charge on any atom is -0.366 e. The van der Waals surface area contributed by atoms with Gasteiger partial charge in [-0.2, -0.15) is 0 Å². The van der Waals surface area contributed by atoms with E-state index in [2.05, 4.69) is 15.2 Å². The Labute approximate surface area is 85.9 Å². The van der Waals surface area contributed by atoms with Gasteiger partial charge in [0.15, 0.2) is 0 Å². The van der Waals surface area contributed by atoms with Gasteiger partial charge in [0.25, 0.3) is 0 Å². The zero-order valence-corrected chi connectivity index (χ0v) is 7.96. The van der Waals surface area contributed by atoms with Crippen molar-refractivity contribution < 1.29 is 0 Å². The van der Waals surface area contributed by atoms with E-state index in [1.807, 2.05) is 6.07 Å². The number of nitrogen functional groups attached to an aromatic ring is 2. The van der Waals surface area contributed by atoms with Gasteiger partial charge >= 0.3 is 0 Å². The van der Waals surface area contributed by atoms with Crippen molar-refractivity contribution in [2.45, 2.75) is 6.54 Å². The fraction of sp³-hybridized carbons (Fsp3) is 0.125. The Morgan fingerprint density at radius 2 is 2.07 bits per heavy atom. The number of nitrogens with two attached hydrogens (primary N) is 3. The number of aromatic nitrogens is 4. The SMILES string of the molecule is NCc1ccc(-c2nnc(N)n2N)nc1. The second kappa shape index (κ2) is 3.54. The lowest BCUT2D eigenvalue weighted by Crippen LogP contribution is -2.13. The van der Waals surface area contributed by atoms with Gasteiger partial charge in [0.2, 0.25) is 11.8 Å². The van der Waals surface area contributed by atoms with Crippen LogP contribution in [0.2, 0.25) is 0 Å². The molecule has 0 saturated heterocycles. The Bertz CT molecular complexity index is 458. The molecular weight excluding hydrogens is 194 g/mol. The maximum absolute atomic E-state index is 5.61. The van der Waals surface area contributed by atoms with Crippen LogP contribution in [0.15, 0.2) is 18.3 Å². The van der Waals surface area contributed by atoms with E-state index >= 15 is 0 Å². The Hall–Kier alpha value is -2.15. The van der Waals surface area contributed by atoms with Crippen molar-refractivity contribution in [1.82, 2.24) is 19.9 Å². The van der Waals surface area contributed by atoms with Gasteiger partial charge in [-0.05, 0) is 11.6 Å². The molecule has 2 aromatic rings. The monoisotopic (exact) mass is 205 g/mol. The van der Waals surface area contributed by atoms with Gasteiger partial charge in [-0.25, -0.2) is 4.68 Å². The molecule has 78 valence electrons. The smallest absolute Gasteiger partial charge is 0.241 e. The second-order valence-corrected chi connectivity index (χ2v) is 3.01. The Morgan fingerprint density at radius 1 is 1.27 bits per heavy atom. The summed E-state index contributed by atoms with van der Waals surface area (Å²) in [5.41, 5.74) is 12.5. The highest BCUT2D eigenvalue weighted by molar-refractivity contribution is 5.51. The van der Waals surface area contributed by atoms with Crippen LogP contribution in [0, 0.1) is 0 Å². The third-order valence-corrected chi connectivity index (χ3v) is 2.01. The van der Waals surface area contributed by atoms with Crippen molar-refractivity contribution in [2.75, 3.05) is 11.6 Å². The third-order valence-electron chi connectivity index (χ3n) is 2.01. The summed E-state index contributed by atoms with van der Waals surface area (Å²) in [7, 11) is 0. The van der Waals surface area contributed by atoms with Crippen molar-refractivity contribution in [3.63, 3.8) is 0 Å². The molecule has 0 bridgehead atoms. The number of hydrogen-bond donors (Lipinski definition) is 3. The highest BCUT2D eigenvalue weighted by Crippen LogP contribution is 2.14. The maximum atomic E-state index is 5.61. The van der Waals surface area contributed by atoms with Crippen molar-refractivity contribution in [3.8, 4) is 11.5 Å². The number of hydrogen-bond acceptors (Lipinski definition) is 6. The number of anilines is 1. The molecule has 0 spiro atoms. The van der Waals surface area contributed by atoms with Crippen molar-refractivity contribution in [2.24, 2.45) is 5.73 Å². The Balaban J connectivity index is 2.41. The summed E-state index contributed by atoms with van der Waals surface area (Å²) in [6.07, 6.45) is 1.67. The molecule has 0 aliphatic heterocycles. The van der Waals surface area contributed by atoms with Crippen molar-refractivity contribution in [3.05, 3.63) is 23.9 Å². The Morgan fingerprint density at radius 3 is 2.53 bits per heavy atom. The summed E-state index contributed by atoms with van der Waals surface area (Å²) in [6.45, 7) is 0.449. The lowest BCUT2D eigenvalue weighted by Gasteiger charge is -2.01. The molecule has 0 amide bonds. The summed E-state index contributed by atoms with van der Waals surface area (Å²) >= 11 is 0. The van der Waals surface area contributed by atoms with E-state index in [1.165, 1.54) is 4.68 Å². The average Bonchev–Trinajstić information content (AvgIpc) is 2.60. The first-order chi connectivity index (χ1) is 7.22. The predicted octanol–water partition coefficient (Wildman–Crippen LogP) is -0.905. The highest BCUT2D eigenvalue weighted by atomic mass is 15.4. The lowest BCUT2D eigenvalue weighted by atomic mass is 10.2. The number of rotatable bonds is 2. The summed E-state index contributed by atoms with van der Waals surface area (Å²) in [5.74, 6) is 6.18. The van der Waals surface area contributed by atoms with Crippen LogP contribution in [-0.4, -0.2) is 19.9 Å². The minimum atomic E-state index is 0.148. The first-order valence-corrected chi connectivity index (χ1v) is 4.33. The number of pyridine rings is 1. The Kier molecular flexibility index (Phi) is 2.22. The van der Waals surface area contributed by atoms with Crippen LogP contribution in [0.1, 0.15) is 5.56 Å². The first-order valence-electron chi connectivity index (χ1n) is 4.33. The normalized spacial score (nSPS) is 10.5. The van der Waals surface area contributed by atoms with Gasteiger partial charge in [0.05, 0.1) is 0 Å². The van der Waals surface area contributed by atoms with Gasteiger partial charge in [-0.1, -0.05) is 6.07 Å². The standard InChI is InChI=1S/C8H11N7/c9-3-5-1-2-6(12-4-5)7-13-14-8(10)15(7)11/h1-2,4H,3,9,11H2,(H2,10,14). The summed E-state index contributed by atoms with van der Waals surface area (Å²) < 4.78 is 1.18. The molecular formula is C8H11N7. The maximum Gasteiger partial charge on any atom is 0.241 e. The predicted molar refractivity (Wildman–Crippen MR) is 55.7 cm³/mol. The topological polar surface area (TPSA) is 122 Å². The van der Waals surface area contributed by atoms with Crippen LogP contribution in [0.3, 0.4) is 0 Å². The fourth-order valence-corrected chi connectivity index (χ4v) is 1.16. The molecule has 7 heteroatoms. The minimum absolute atomic E-state index is 0.148. The highest BCUT2D eigenvalue weighted by Gasteiger charge is 2.09. The molecule has 0 saturated carbocycles. The van der Waals surface area contributed by atoms with Gasteiger partial charge in [-0.3, -0.25) is 4.98 Å². The molecule has 0 aliphatic rings. The van der Waals surface area contributed by atoms with E-state index in [4.69, 9.17) is 17.3 Å². The third kappa shape index (κ3) is 1.59. The zero-order valence-electron chi connectivity index (χ0n) is 7.96. The summed E-state index contributed by atoms with van der Waals surface area (Å²) in [4.78, 5) is 4.16. The average molecular weight is 205 g/mol. The van der Waals surface area contributed by atoms with Crippen LogP contribution in [0.5, 0.6) is 0 Å². The molecule has 0 fully saturated rings. The molecule has 7 nitrogen and oxygen atoms in total. The second-order valence-electron chi connectivity index (χ2n) is 3.01. The molecule has 15 heavy (non-hydrogen) atoms. The molecule has 6 N–H and O–H groups in total. The van der Waals surface area contributed by atoms with E-state index in [0.717, 1.165) is 5.56 Å². The fourth-order valence-electron chi connectivity index (χ4n) is 1.16. The molecule has 0 aromatic carbocycles. The van der Waals surface area contributed by atoms with Crippen LogP contribution in [-0.2, 0) is 6.54 Å². The van der Waals surface area contributed by atoms with Gasteiger partial charge in [0.1, 0.15) is 5.69 Å². The van der Waals surface area contributed by atoms with Gasteiger partial charge in [0, 0.05) is 12.7 Å². The van der Waals surface area contributed by atoms with Gasteiger partial charge in [-0.15, -0.1) is 10.2 Å². The van der Waals surface area contributed by atoms with E-state index < -0.39 is 0 Å². The first kappa shape index (κ1) is 9.41. The number of nitrogens with zero attached hydrogens (tertiary/aromatic N) is 4. The van der Waals surface area contributed by atoms with Crippen molar-refractivity contribution in [1.29, 1.82) is 0 Å². The molecule has 0 unspecified atom stereocenters. The zero-order chi connectivity index (χ0) is 10.8. The molecule has 0 radical (unpaired) electrons. The van der Waals surface area contributed by atoms with E-state index in [1.54, 1.807) is 12.3 Å². The van der Waals surface area contributed by atoms with Crippen LogP contribution < -0.4 is 17.3 Å². The lowest BCUT2D eigenvalue weighted by molar-refractivity contribution is 0.999. The van der Waals surface area contributed by atoms with E-state index in [-0.39, 0.29) is 5.95 Å².